The molecular weight excluding hydrogens is 272 g/mol. The molecule has 0 bridgehead atoms. The summed E-state index contributed by atoms with van der Waals surface area (Å²) in [6.45, 7) is 8.51. The average molecular weight is 300 g/mol. The molecule has 1 fully saturated rings. The second-order valence-corrected chi connectivity index (χ2v) is 6.28. The molecule has 0 aromatic heterocycles. The number of rotatable bonds is 4. The zero-order valence-electron chi connectivity index (χ0n) is 13.5. The second kappa shape index (κ2) is 7.61. The number of nitrogens with two attached hydrogens (primary N) is 1. The Hall–Kier alpha value is -1.34. The van der Waals surface area contributed by atoms with Gasteiger partial charge in [-0.15, -0.1) is 0 Å². The molecule has 0 aliphatic carbocycles. The molecule has 1 rings (SSSR count). The van der Waals surface area contributed by atoms with E-state index in [1.807, 2.05) is 20.8 Å². The van der Waals surface area contributed by atoms with Crippen molar-refractivity contribution in [3.8, 4) is 0 Å². The highest BCUT2D eigenvalue weighted by atomic mass is 16.6. The van der Waals surface area contributed by atoms with Crippen LogP contribution in [-0.2, 0) is 9.53 Å². The van der Waals surface area contributed by atoms with E-state index < -0.39 is 5.60 Å². The van der Waals surface area contributed by atoms with Gasteiger partial charge in [-0.2, -0.15) is 0 Å². The van der Waals surface area contributed by atoms with Crippen LogP contribution in [0.2, 0.25) is 0 Å². The van der Waals surface area contributed by atoms with Crippen LogP contribution >= 0.6 is 0 Å². The summed E-state index contributed by atoms with van der Waals surface area (Å²) in [6, 6.07) is 0.0657. The van der Waals surface area contributed by atoms with Gasteiger partial charge in [-0.1, -0.05) is 0 Å². The lowest BCUT2D eigenvalue weighted by Gasteiger charge is -2.41. The minimum atomic E-state index is -0.494. The van der Waals surface area contributed by atoms with E-state index in [4.69, 9.17) is 10.5 Å². The SMILES string of the molecule is CNC(=O)CCN1CCN(C(=O)OC(C)(C)C)CC1CN. The number of piperazine rings is 1. The third-order valence-corrected chi connectivity index (χ3v) is 3.43. The van der Waals surface area contributed by atoms with Crippen molar-refractivity contribution in [1.82, 2.24) is 15.1 Å². The highest BCUT2D eigenvalue weighted by Gasteiger charge is 2.31. The Morgan fingerprint density at radius 2 is 2.00 bits per heavy atom. The van der Waals surface area contributed by atoms with Gasteiger partial charge >= 0.3 is 6.09 Å². The fraction of sp³-hybridized carbons (Fsp3) is 0.857. The van der Waals surface area contributed by atoms with Crippen molar-refractivity contribution in [3.63, 3.8) is 0 Å². The summed E-state index contributed by atoms with van der Waals surface area (Å²) in [5.74, 6) is 0.0142. The molecule has 0 aromatic carbocycles. The number of ether oxygens (including phenoxy) is 1. The molecule has 122 valence electrons. The van der Waals surface area contributed by atoms with Crippen molar-refractivity contribution in [2.24, 2.45) is 5.73 Å². The van der Waals surface area contributed by atoms with Crippen LogP contribution in [0.15, 0.2) is 0 Å². The monoisotopic (exact) mass is 300 g/mol. The minimum absolute atomic E-state index is 0.0142. The fourth-order valence-electron chi connectivity index (χ4n) is 2.27. The van der Waals surface area contributed by atoms with E-state index in [1.54, 1.807) is 11.9 Å². The number of amides is 2. The first-order chi connectivity index (χ1) is 9.76. The first kappa shape index (κ1) is 17.7. The molecule has 1 aliphatic heterocycles. The largest absolute Gasteiger partial charge is 0.444 e. The lowest BCUT2D eigenvalue weighted by Crippen LogP contribution is -2.58. The summed E-state index contributed by atoms with van der Waals surface area (Å²) in [5, 5.41) is 2.61. The number of carbonyl (C=O) groups is 2. The molecule has 7 heteroatoms. The molecule has 0 spiro atoms. The van der Waals surface area contributed by atoms with E-state index in [1.165, 1.54) is 0 Å². The molecule has 2 amide bonds. The molecule has 1 atom stereocenters. The maximum atomic E-state index is 12.1. The third kappa shape index (κ3) is 5.89. The predicted octanol–water partition coefficient (Wildman–Crippen LogP) is 0.00250. The van der Waals surface area contributed by atoms with Gasteiger partial charge in [-0.05, 0) is 20.8 Å². The lowest BCUT2D eigenvalue weighted by molar-refractivity contribution is -0.121. The minimum Gasteiger partial charge on any atom is -0.444 e. The van der Waals surface area contributed by atoms with Crippen molar-refractivity contribution < 1.29 is 14.3 Å². The third-order valence-electron chi connectivity index (χ3n) is 3.43. The molecule has 0 radical (unpaired) electrons. The molecule has 21 heavy (non-hydrogen) atoms. The first-order valence-corrected chi connectivity index (χ1v) is 7.39. The summed E-state index contributed by atoms with van der Waals surface area (Å²) in [5.41, 5.74) is 5.31. The summed E-state index contributed by atoms with van der Waals surface area (Å²) in [6.07, 6.45) is 0.145. The number of hydrogen-bond acceptors (Lipinski definition) is 5. The van der Waals surface area contributed by atoms with Crippen LogP contribution in [0.4, 0.5) is 4.79 Å². The Morgan fingerprint density at radius 1 is 1.33 bits per heavy atom. The van der Waals surface area contributed by atoms with Gasteiger partial charge in [0.1, 0.15) is 5.60 Å². The smallest absolute Gasteiger partial charge is 0.410 e. The molecular formula is C14H28N4O3. The Kier molecular flexibility index (Phi) is 6.42. The van der Waals surface area contributed by atoms with Gasteiger partial charge < -0.3 is 20.7 Å². The van der Waals surface area contributed by atoms with E-state index in [0.29, 0.717) is 39.1 Å². The Labute approximate surface area is 126 Å². The predicted molar refractivity (Wildman–Crippen MR) is 80.9 cm³/mol. The van der Waals surface area contributed by atoms with E-state index in [2.05, 4.69) is 10.2 Å². The quantitative estimate of drug-likeness (QED) is 0.763. The Balaban J connectivity index is 2.52. The second-order valence-electron chi connectivity index (χ2n) is 6.28. The normalized spacial score (nSPS) is 20.2. The van der Waals surface area contributed by atoms with Crippen LogP contribution in [0, 0.1) is 0 Å². The van der Waals surface area contributed by atoms with Gasteiger partial charge in [0.15, 0.2) is 0 Å². The Bertz CT molecular complexity index is 368. The molecule has 1 aliphatic rings. The molecule has 3 N–H and O–H groups in total. The summed E-state index contributed by atoms with van der Waals surface area (Å²) in [4.78, 5) is 27.3. The molecule has 7 nitrogen and oxygen atoms in total. The van der Waals surface area contributed by atoms with Gasteiger partial charge in [-0.25, -0.2) is 4.79 Å². The van der Waals surface area contributed by atoms with Gasteiger partial charge in [0.2, 0.25) is 5.91 Å². The van der Waals surface area contributed by atoms with Crippen molar-refractivity contribution in [2.45, 2.75) is 38.8 Å². The van der Waals surface area contributed by atoms with Crippen molar-refractivity contribution in [3.05, 3.63) is 0 Å². The van der Waals surface area contributed by atoms with Gasteiger partial charge in [0.05, 0.1) is 0 Å². The Morgan fingerprint density at radius 3 is 2.52 bits per heavy atom. The average Bonchev–Trinajstić information content (AvgIpc) is 2.42. The van der Waals surface area contributed by atoms with Crippen molar-refractivity contribution >= 4 is 12.0 Å². The molecule has 1 heterocycles. The zero-order chi connectivity index (χ0) is 16.0. The summed E-state index contributed by atoms with van der Waals surface area (Å²) in [7, 11) is 1.63. The van der Waals surface area contributed by atoms with Crippen LogP contribution in [0.25, 0.3) is 0 Å². The van der Waals surface area contributed by atoms with E-state index in [0.717, 1.165) is 0 Å². The van der Waals surface area contributed by atoms with Crippen LogP contribution in [0.5, 0.6) is 0 Å². The standard InChI is InChI=1S/C14H28N4O3/c1-14(2,3)21-13(20)18-8-7-17(11(9-15)10-18)6-5-12(19)16-4/h11H,5-10,15H2,1-4H3,(H,16,19). The van der Waals surface area contributed by atoms with E-state index in [-0.39, 0.29) is 18.0 Å². The molecule has 1 unspecified atom stereocenters. The van der Waals surface area contributed by atoms with Crippen LogP contribution in [-0.4, -0.2) is 73.2 Å². The first-order valence-electron chi connectivity index (χ1n) is 7.39. The van der Waals surface area contributed by atoms with Crippen LogP contribution in [0.3, 0.4) is 0 Å². The molecule has 0 aromatic rings. The van der Waals surface area contributed by atoms with Gasteiger partial charge in [0.25, 0.3) is 0 Å². The van der Waals surface area contributed by atoms with E-state index in [9.17, 15) is 9.59 Å². The number of hydrogen-bond donors (Lipinski definition) is 2. The fourth-order valence-corrected chi connectivity index (χ4v) is 2.27. The number of nitrogens with zero attached hydrogens (tertiary/aromatic N) is 2. The zero-order valence-corrected chi connectivity index (χ0v) is 13.5. The maximum Gasteiger partial charge on any atom is 0.410 e. The lowest BCUT2D eigenvalue weighted by atomic mass is 10.1. The van der Waals surface area contributed by atoms with Crippen molar-refractivity contribution in [2.75, 3.05) is 39.8 Å². The summed E-state index contributed by atoms with van der Waals surface area (Å²) >= 11 is 0. The topological polar surface area (TPSA) is 87.9 Å². The summed E-state index contributed by atoms with van der Waals surface area (Å²) < 4.78 is 5.38. The molecule has 1 saturated heterocycles. The van der Waals surface area contributed by atoms with E-state index >= 15 is 0 Å². The maximum absolute atomic E-state index is 12.1. The van der Waals surface area contributed by atoms with Crippen molar-refractivity contribution in [1.29, 1.82) is 0 Å². The van der Waals surface area contributed by atoms with Gasteiger partial charge in [0, 0.05) is 52.2 Å². The highest BCUT2D eigenvalue weighted by Crippen LogP contribution is 2.14. The highest BCUT2D eigenvalue weighted by molar-refractivity contribution is 5.75. The number of nitrogens with one attached hydrogen (secondary N) is 1. The van der Waals surface area contributed by atoms with Crippen LogP contribution in [0.1, 0.15) is 27.2 Å². The molecule has 0 saturated carbocycles. The van der Waals surface area contributed by atoms with Gasteiger partial charge in [-0.3, -0.25) is 9.69 Å². The van der Waals surface area contributed by atoms with Crippen LogP contribution < -0.4 is 11.1 Å². The number of carbonyl (C=O) groups excluding carboxylic acids is 2.